The van der Waals surface area contributed by atoms with Gasteiger partial charge in [-0.25, -0.2) is 8.42 Å². The number of ether oxygens (including phenoxy) is 1. The van der Waals surface area contributed by atoms with Crippen molar-refractivity contribution in [2.75, 3.05) is 13.4 Å². The van der Waals surface area contributed by atoms with Crippen LogP contribution in [0.3, 0.4) is 0 Å². The summed E-state index contributed by atoms with van der Waals surface area (Å²) >= 11 is 1.53. The average Bonchev–Trinajstić information content (AvgIpc) is 3.11. The van der Waals surface area contributed by atoms with Crippen molar-refractivity contribution in [3.05, 3.63) is 59.7 Å². The molecule has 2 atom stereocenters. The summed E-state index contributed by atoms with van der Waals surface area (Å²) in [6.07, 6.45) is 1.92. The lowest BCUT2D eigenvalue weighted by molar-refractivity contribution is -0.154. The second-order valence-electron chi connectivity index (χ2n) is 6.90. The SMILES string of the molecule is COC(=O)C1C(=O)NC(=O)C12c1ccccc1S(=O)(=O)N2Cc1ccc(SC)cc1. The lowest BCUT2D eigenvalue weighted by atomic mass is 9.79. The molecule has 2 unspecified atom stereocenters. The Labute approximate surface area is 177 Å². The minimum Gasteiger partial charge on any atom is -0.468 e. The number of sulfonamides is 1. The number of esters is 1. The maximum absolute atomic E-state index is 13.5. The number of methoxy groups -OCH3 is 1. The molecule has 4 rings (SSSR count). The number of thioether (sulfide) groups is 1. The van der Waals surface area contributed by atoms with E-state index in [0.717, 1.165) is 16.3 Å². The number of hydrogen-bond acceptors (Lipinski definition) is 7. The van der Waals surface area contributed by atoms with Crippen LogP contribution in [0.25, 0.3) is 0 Å². The van der Waals surface area contributed by atoms with Gasteiger partial charge in [0, 0.05) is 17.0 Å². The normalized spacial score (nSPS) is 24.7. The number of carbonyl (C=O) groups excluding carboxylic acids is 3. The molecule has 1 fully saturated rings. The number of hydrogen-bond donors (Lipinski definition) is 1. The Morgan fingerprint density at radius 1 is 1.17 bits per heavy atom. The summed E-state index contributed by atoms with van der Waals surface area (Å²) in [5.74, 6) is -4.38. The smallest absolute Gasteiger partial charge is 0.321 e. The van der Waals surface area contributed by atoms with Crippen molar-refractivity contribution in [1.82, 2.24) is 9.62 Å². The van der Waals surface area contributed by atoms with E-state index in [2.05, 4.69) is 5.32 Å². The number of fused-ring (bicyclic) bond motifs is 2. The van der Waals surface area contributed by atoms with Gasteiger partial charge in [0.05, 0.1) is 12.0 Å². The summed E-state index contributed by atoms with van der Waals surface area (Å²) in [4.78, 5) is 39.2. The quantitative estimate of drug-likeness (QED) is 0.326. The summed E-state index contributed by atoms with van der Waals surface area (Å²) in [5, 5.41) is 2.14. The highest BCUT2D eigenvalue weighted by Crippen LogP contribution is 2.52. The van der Waals surface area contributed by atoms with E-state index in [1.54, 1.807) is 18.2 Å². The molecule has 0 radical (unpaired) electrons. The molecule has 1 saturated heterocycles. The van der Waals surface area contributed by atoms with E-state index in [4.69, 9.17) is 4.74 Å². The van der Waals surface area contributed by atoms with Crippen LogP contribution in [-0.2, 0) is 41.2 Å². The number of nitrogens with zero attached hydrogens (tertiary/aromatic N) is 1. The van der Waals surface area contributed by atoms with Crippen LogP contribution in [0.2, 0.25) is 0 Å². The Morgan fingerprint density at radius 3 is 2.47 bits per heavy atom. The van der Waals surface area contributed by atoms with Crippen LogP contribution < -0.4 is 5.32 Å². The van der Waals surface area contributed by atoms with Gasteiger partial charge in [-0.2, -0.15) is 4.31 Å². The maximum atomic E-state index is 13.5. The number of amides is 2. The number of nitrogens with one attached hydrogen (secondary N) is 1. The molecule has 0 aromatic heterocycles. The minimum absolute atomic E-state index is 0.0875. The van der Waals surface area contributed by atoms with E-state index in [0.29, 0.717) is 5.56 Å². The fourth-order valence-electron chi connectivity index (χ4n) is 4.09. The molecule has 2 heterocycles. The summed E-state index contributed by atoms with van der Waals surface area (Å²) < 4.78 is 32.6. The predicted octanol–water partition coefficient (Wildman–Crippen LogP) is 1.25. The minimum atomic E-state index is -4.18. The van der Waals surface area contributed by atoms with E-state index < -0.39 is 39.3 Å². The predicted molar refractivity (Wildman–Crippen MR) is 108 cm³/mol. The highest BCUT2D eigenvalue weighted by molar-refractivity contribution is 7.98. The van der Waals surface area contributed by atoms with Gasteiger partial charge < -0.3 is 4.74 Å². The molecule has 0 aliphatic carbocycles. The zero-order valence-corrected chi connectivity index (χ0v) is 17.7. The van der Waals surface area contributed by atoms with Gasteiger partial charge in [-0.05, 0) is 30.0 Å². The van der Waals surface area contributed by atoms with Crippen molar-refractivity contribution in [1.29, 1.82) is 0 Å². The molecule has 2 aromatic rings. The number of rotatable bonds is 4. The van der Waals surface area contributed by atoms with Crippen molar-refractivity contribution in [3.63, 3.8) is 0 Å². The summed E-state index contributed by atoms with van der Waals surface area (Å²) in [6.45, 7) is -0.195. The van der Waals surface area contributed by atoms with Crippen LogP contribution in [-0.4, -0.2) is 43.9 Å². The van der Waals surface area contributed by atoms with Crippen LogP contribution in [0.1, 0.15) is 11.1 Å². The van der Waals surface area contributed by atoms with Gasteiger partial charge in [0.15, 0.2) is 11.5 Å². The van der Waals surface area contributed by atoms with Gasteiger partial charge in [0.25, 0.3) is 5.91 Å². The van der Waals surface area contributed by atoms with Gasteiger partial charge >= 0.3 is 5.97 Å². The largest absolute Gasteiger partial charge is 0.468 e. The molecule has 30 heavy (non-hydrogen) atoms. The first-order valence-electron chi connectivity index (χ1n) is 8.97. The Bertz CT molecular complexity index is 1160. The standard InChI is InChI=1S/C20H18N2O6S2/c1-28-18(24)16-17(23)21-19(25)20(16)14-5-3-4-6-15(14)30(26,27)22(20)11-12-7-9-13(29-2)10-8-12/h3-10,16H,11H2,1-2H3,(H,21,23,25). The highest BCUT2D eigenvalue weighted by Gasteiger charge is 2.70. The molecular weight excluding hydrogens is 428 g/mol. The summed E-state index contributed by atoms with van der Waals surface area (Å²) in [5.41, 5.74) is -1.35. The second kappa shape index (κ2) is 7.22. The molecular formula is C20H18N2O6S2. The second-order valence-corrected chi connectivity index (χ2v) is 9.61. The molecule has 0 saturated carbocycles. The number of carbonyl (C=O) groups is 3. The molecule has 0 bridgehead atoms. The van der Waals surface area contributed by atoms with Gasteiger partial charge in [-0.3, -0.25) is 19.7 Å². The van der Waals surface area contributed by atoms with Gasteiger partial charge in [0.1, 0.15) is 0 Å². The third-order valence-electron chi connectivity index (χ3n) is 5.44. The number of imide groups is 1. The van der Waals surface area contributed by atoms with E-state index >= 15 is 0 Å². The first-order valence-corrected chi connectivity index (χ1v) is 11.6. The molecule has 8 nitrogen and oxygen atoms in total. The van der Waals surface area contributed by atoms with E-state index in [9.17, 15) is 22.8 Å². The van der Waals surface area contributed by atoms with Crippen LogP contribution in [0.15, 0.2) is 58.3 Å². The van der Waals surface area contributed by atoms with Crippen LogP contribution in [0, 0.1) is 5.92 Å². The van der Waals surface area contributed by atoms with Crippen molar-refractivity contribution in [2.24, 2.45) is 5.92 Å². The van der Waals surface area contributed by atoms with Crippen LogP contribution in [0.5, 0.6) is 0 Å². The highest BCUT2D eigenvalue weighted by atomic mass is 32.2. The molecule has 2 aromatic carbocycles. The molecule has 1 spiro atoms. The Morgan fingerprint density at radius 2 is 1.83 bits per heavy atom. The van der Waals surface area contributed by atoms with E-state index in [-0.39, 0.29) is 17.0 Å². The summed E-state index contributed by atoms with van der Waals surface area (Å²) in [7, 11) is -3.09. The summed E-state index contributed by atoms with van der Waals surface area (Å²) in [6, 6.07) is 13.1. The fourth-order valence-corrected chi connectivity index (χ4v) is 6.47. The molecule has 1 N–H and O–H groups in total. The van der Waals surface area contributed by atoms with Gasteiger partial charge in [-0.15, -0.1) is 11.8 Å². The molecule has 2 amide bonds. The monoisotopic (exact) mass is 446 g/mol. The zero-order valence-electron chi connectivity index (χ0n) is 16.1. The first kappa shape index (κ1) is 20.6. The Balaban J connectivity index is 1.95. The molecule has 2 aliphatic heterocycles. The number of benzene rings is 2. The Hall–Kier alpha value is -2.69. The van der Waals surface area contributed by atoms with Crippen molar-refractivity contribution >= 4 is 39.6 Å². The Kier molecular flexibility index (Phi) is 4.95. The molecule has 2 aliphatic rings. The van der Waals surface area contributed by atoms with Gasteiger partial charge in [-0.1, -0.05) is 30.3 Å². The first-order chi connectivity index (χ1) is 14.3. The van der Waals surface area contributed by atoms with Gasteiger partial charge in [0.2, 0.25) is 15.9 Å². The van der Waals surface area contributed by atoms with Crippen molar-refractivity contribution in [2.45, 2.75) is 21.9 Å². The topological polar surface area (TPSA) is 110 Å². The maximum Gasteiger partial charge on any atom is 0.321 e. The van der Waals surface area contributed by atoms with Crippen molar-refractivity contribution in [3.8, 4) is 0 Å². The molecule has 10 heteroatoms. The molecule has 156 valence electrons. The lowest BCUT2D eigenvalue weighted by Gasteiger charge is -2.34. The zero-order chi connectivity index (χ0) is 21.7. The lowest BCUT2D eigenvalue weighted by Crippen LogP contribution is -2.54. The third kappa shape index (κ3) is 2.71. The van der Waals surface area contributed by atoms with Crippen LogP contribution >= 0.6 is 11.8 Å². The van der Waals surface area contributed by atoms with E-state index in [1.165, 1.54) is 30.0 Å². The third-order valence-corrected chi connectivity index (χ3v) is 8.10. The van der Waals surface area contributed by atoms with Crippen LogP contribution in [0.4, 0.5) is 0 Å². The fraction of sp³-hybridized carbons (Fsp3) is 0.250. The van der Waals surface area contributed by atoms with E-state index in [1.807, 2.05) is 18.4 Å². The average molecular weight is 447 g/mol. The van der Waals surface area contributed by atoms with Crippen molar-refractivity contribution < 1.29 is 27.5 Å².